The summed E-state index contributed by atoms with van der Waals surface area (Å²) in [7, 11) is -1.88. The zero-order chi connectivity index (χ0) is 24.5. The van der Waals surface area contributed by atoms with Crippen LogP contribution in [-0.4, -0.2) is 61.8 Å². The highest BCUT2D eigenvalue weighted by molar-refractivity contribution is 6.74. The van der Waals surface area contributed by atoms with Gasteiger partial charge in [-0.3, -0.25) is 0 Å². The maximum absolute atomic E-state index is 9.93. The number of ether oxygens (including phenoxy) is 2. The van der Waals surface area contributed by atoms with Crippen LogP contribution in [0.15, 0.2) is 0 Å². The van der Waals surface area contributed by atoms with E-state index in [1.165, 1.54) is 51.4 Å². The molecule has 2 saturated heterocycles. The van der Waals surface area contributed by atoms with Crippen molar-refractivity contribution in [3.05, 3.63) is 0 Å². The van der Waals surface area contributed by atoms with Crippen LogP contribution in [0.4, 0.5) is 0 Å². The molecule has 0 aromatic carbocycles. The van der Waals surface area contributed by atoms with E-state index in [2.05, 4.69) is 40.8 Å². The molecule has 2 heterocycles. The van der Waals surface area contributed by atoms with Gasteiger partial charge in [-0.2, -0.15) is 0 Å². The Labute approximate surface area is 205 Å². The van der Waals surface area contributed by atoms with Gasteiger partial charge >= 0.3 is 0 Å². The van der Waals surface area contributed by atoms with Crippen LogP contribution in [0, 0.1) is 0 Å². The Morgan fingerprint density at radius 2 is 1.36 bits per heavy atom. The maximum Gasteiger partial charge on any atom is 0.192 e. The van der Waals surface area contributed by atoms with Crippen LogP contribution in [0.2, 0.25) is 18.1 Å². The third-order valence-corrected chi connectivity index (χ3v) is 12.7. The first-order valence-corrected chi connectivity index (χ1v) is 16.8. The smallest absolute Gasteiger partial charge is 0.192 e. The topological polar surface area (TPSA) is 68.2 Å². The van der Waals surface area contributed by atoms with Crippen LogP contribution in [-0.2, 0) is 13.9 Å². The SMILES string of the molecule is CCCCCCCCCC[C@H](O[Si](C)(C)C(C)(C)C)[C@H]1CC[C@H]([C@H]2CC[C@H]([C@H](O)CO)O2)O1. The highest BCUT2D eigenvalue weighted by Gasteiger charge is 2.44. The number of hydrogen-bond acceptors (Lipinski definition) is 5. The lowest BCUT2D eigenvalue weighted by Crippen LogP contribution is -2.47. The lowest BCUT2D eigenvalue weighted by molar-refractivity contribution is -0.113. The summed E-state index contributed by atoms with van der Waals surface area (Å²) >= 11 is 0. The number of aliphatic hydroxyl groups excluding tert-OH is 2. The molecule has 0 aromatic rings. The van der Waals surface area contributed by atoms with Crippen molar-refractivity contribution in [1.29, 1.82) is 0 Å². The van der Waals surface area contributed by atoms with Gasteiger partial charge in [0.25, 0.3) is 0 Å². The van der Waals surface area contributed by atoms with Gasteiger partial charge in [-0.15, -0.1) is 0 Å². The fraction of sp³-hybridized carbons (Fsp3) is 1.00. The molecule has 0 unspecified atom stereocenters. The van der Waals surface area contributed by atoms with E-state index in [9.17, 15) is 10.2 Å². The van der Waals surface area contributed by atoms with Crippen molar-refractivity contribution in [1.82, 2.24) is 0 Å². The minimum absolute atomic E-state index is 0.0258. The summed E-state index contributed by atoms with van der Waals surface area (Å²) in [5, 5.41) is 19.4. The van der Waals surface area contributed by atoms with Crippen molar-refractivity contribution in [2.24, 2.45) is 0 Å². The summed E-state index contributed by atoms with van der Waals surface area (Å²) in [6.07, 6.45) is 14.7. The Hall–Kier alpha value is 0.0169. The van der Waals surface area contributed by atoms with E-state index in [4.69, 9.17) is 13.9 Å². The number of aliphatic hydroxyl groups is 2. The summed E-state index contributed by atoms with van der Waals surface area (Å²) in [5.41, 5.74) is 0. The fourth-order valence-corrected chi connectivity index (χ4v) is 6.33. The predicted molar refractivity (Wildman–Crippen MR) is 138 cm³/mol. The van der Waals surface area contributed by atoms with E-state index in [0.717, 1.165) is 32.1 Å². The van der Waals surface area contributed by atoms with Crippen LogP contribution < -0.4 is 0 Å². The van der Waals surface area contributed by atoms with Gasteiger partial charge in [-0.25, -0.2) is 0 Å². The summed E-state index contributed by atoms with van der Waals surface area (Å²) in [5.74, 6) is 0. The molecule has 0 amide bonds. The average molecular weight is 487 g/mol. The Morgan fingerprint density at radius 1 is 0.848 bits per heavy atom. The number of rotatable bonds is 15. The number of unbranched alkanes of at least 4 members (excludes halogenated alkanes) is 7. The first-order valence-electron chi connectivity index (χ1n) is 13.9. The van der Waals surface area contributed by atoms with Crippen molar-refractivity contribution in [3.8, 4) is 0 Å². The molecule has 0 spiro atoms. The molecule has 6 atom stereocenters. The molecule has 5 nitrogen and oxygen atoms in total. The summed E-state index contributed by atoms with van der Waals surface area (Å²) in [6, 6.07) is 0. The Bertz CT molecular complexity index is 535. The molecular weight excluding hydrogens is 432 g/mol. The molecule has 2 N–H and O–H groups in total. The minimum Gasteiger partial charge on any atom is -0.411 e. The Morgan fingerprint density at radius 3 is 1.91 bits per heavy atom. The second kappa shape index (κ2) is 13.9. The highest BCUT2D eigenvalue weighted by atomic mass is 28.4. The van der Waals surface area contributed by atoms with E-state index < -0.39 is 14.4 Å². The molecule has 2 aliphatic heterocycles. The van der Waals surface area contributed by atoms with E-state index in [1.54, 1.807) is 0 Å². The molecule has 2 rings (SSSR count). The Balaban J connectivity index is 1.88. The van der Waals surface area contributed by atoms with Crippen molar-refractivity contribution in [2.75, 3.05) is 6.61 Å². The lowest BCUT2D eigenvalue weighted by atomic mass is 10.0. The summed E-state index contributed by atoms with van der Waals surface area (Å²) in [4.78, 5) is 0. The van der Waals surface area contributed by atoms with E-state index in [-0.39, 0.29) is 42.2 Å². The third kappa shape index (κ3) is 9.19. The molecule has 196 valence electrons. The van der Waals surface area contributed by atoms with Gasteiger partial charge in [0.05, 0.1) is 37.1 Å². The zero-order valence-electron chi connectivity index (χ0n) is 22.5. The molecular formula is C27H54O5Si. The second-order valence-electron chi connectivity index (χ2n) is 12.0. The second-order valence-corrected chi connectivity index (χ2v) is 16.8. The normalized spacial score (nSPS) is 28.4. The van der Waals surface area contributed by atoms with Crippen molar-refractivity contribution in [2.45, 2.75) is 166 Å². The predicted octanol–water partition coefficient (Wildman–Crippen LogP) is 6.36. The monoisotopic (exact) mass is 486 g/mol. The van der Waals surface area contributed by atoms with Crippen molar-refractivity contribution < 1.29 is 24.1 Å². The van der Waals surface area contributed by atoms with Gasteiger partial charge in [-0.05, 0) is 50.2 Å². The standard InChI is InChI=1S/C27H54O5Si/c1-7-8-9-10-11-12-13-14-15-26(32-33(5,6)27(2,3)4)25-19-18-24(31-25)23-17-16-22(30-23)21(29)20-28/h21-26,28-29H,7-20H2,1-6H3/t21-,22-,23-,24-,25-,26+/m1/s1. The largest absolute Gasteiger partial charge is 0.411 e. The molecule has 0 aromatic heterocycles. The van der Waals surface area contributed by atoms with Crippen LogP contribution >= 0.6 is 0 Å². The fourth-order valence-electron chi connectivity index (χ4n) is 4.95. The van der Waals surface area contributed by atoms with E-state index in [1.807, 2.05) is 0 Å². The third-order valence-electron chi connectivity index (χ3n) is 8.21. The quantitative estimate of drug-likeness (QED) is 0.208. The summed E-state index contributed by atoms with van der Waals surface area (Å²) < 4.78 is 19.6. The van der Waals surface area contributed by atoms with E-state index in [0.29, 0.717) is 0 Å². The van der Waals surface area contributed by atoms with Gasteiger partial charge in [0, 0.05) is 0 Å². The maximum atomic E-state index is 9.93. The zero-order valence-corrected chi connectivity index (χ0v) is 23.5. The summed E-state index contributed by atoms with van der Waals surface area (Å²) in [6.45, 7) is 13.7. The van der Waals surface area contributed by atoms with Crippen LogP contribution in [0.25, 0.3) is 0 Å². The van der Waals surface area contributed by atoms with Crippen LogP contribution in [0.3, 0.4) is 0 Å². The average Bonchev–Trinajstić information content (AvgIpc) is 3.43. The minimum atomic E-state index is -1.88. The van der Waals surface area contributed by atoms with Gasteiger partial charge in [0.15, 0.2) is 8.32 Å². The van der Waals surface area contributed by atoms with Gasteiger partial charge in [-0.1, -0.05) is 79.1 Å². The molecule has 33 heavy (non-hydrogen) atoms. The molecule has 0 saturated carbocycles. The molecule has 2 aliphatic rings. The van der Waals surface area contributed by atoms with Crippen LogP contribution in [0.1, 0.15) is 111 Å². The number of hydrogen-bond donors (Lipinski definition) is 2. The highest BCUT2D eigenvalue weighted by Crippen LogP contribution is 2.40. The molecule has 0 aliphatic carbocycles. The van der Waals surface area contributed by atoms with Gasteiger partial charge < -0.3 is 24.1 Å². The van der Waals surface area contributed by atoms with Crippen molar-refractivity contribution >= 4 is 8.32 Å². The van der Waals surface area contributed by atoms with Crippen LogP contribution in [0.5, 0.6) is 0 Å². The first kappa shape index (κ1) is 29.2. The Kier molecular flexibility index (Phi) is 12.3. The lowest BCUT2D eigenvalue weighted by Gasteiger charge is -2.41. The van der Waals surface area contributed by atoms with E-state index >= 15 is 0 Å². The van der Waals surface area contributed by atoms with Gasteiger partial charge in [0.1, 0.15) is 6.10 Å². The first-order chi connectivity index (χ1) is 15.6. The molecule has 0 radical (unpaired) electrons. The van der Waals surface area contributed by atoms with Gasteiger partial charge in [0.2, 0.25) is 0 Å². The molecule has 6 heteroatoms. The van der Waals surface area contributed by atoms with Crippen molar-refractivity contribution in [3.63, 3.8) is 0 Å². The molecule has 2 fully saturated rings. The molecule has 0 bridgehead atoms.